The Morgan fingerprint density at radius 1 is 1.36 bits per heavy atom. The predicted octanol–water partition coefficient (Wildman–Crippen LogP) is 2.86. The van der Waals surface area contributed by atoms with E-state index in [9.17, 15) is 9.90 Å². The zero-order valence-electron chi connectivity index (χ0n) is 13.2. The Morgan fingerprint density at radius 2 is 2.14 bits per heavy atom. The monoisotopic (exact) mass is 322 g/mol. The molecule has 0 radical (unpaired) electrons. The maximum Gasteiger partial charge on any atom is 0.317 e. The van der Waals surface area contributed by atoms with Crippen LogP contribution in [0.25, 0.3) is 0 Å². The summed E-state index contributed by atoms with van der Waals surface area (Å²) in [5.41, 5.74) is 1.08. The van der Waals surface area contributed by atoms with Crippen LogP contribution in [0, 0.1) is 0 Å². The molecule has 0 aliphatic heterocycles. The van der Waals surface area contributed by atoms with E-state index in [0.717, 1.165) is 18.4 Å². The molecule has 1 aromatic rings. The van der Waals surface area contributed by atoms with Gasteiger partial charge in [0.15, 0.2) is 0 Å². The molecule has 1 fully saturated rings. The van der Waals surface area contributed by atoms with Crippen molar-refractivity contribution in [1.82, 2.24) is 10.2 Å². The minimum absolute atomic E-state index is 0.0155. The molecule has 122 valence electrons. The van der Waals surface area contributed by atoms with Crippen LogP contribution in [0.15, 0.2) is 30.3 Å². The third-order valence-electron chi connectivity index (χ3n) is 4.16. The molecular formula is C17H26N2O2S. The molecular weight excluding hydrogens is 296 g/mol. The molecule has 1 aliphatic rings. The van der Waals surface area contributed by atoms with Gasteiger partial charge in [-0.15, -0.1) is 0 Å². The molecule has 2 N–H and O–H groups in total. The quantitative estimate of drug-likeness (QED) is 0.847. The highest BCUT2D eigenvalue weighted by Gasteiger charge is 2.24. The number of aliphatic hydroxyl groups excluding tert-OH is 1. The summed E-state index contributed by atoms with van der Waals surface area (Å²) in [4.78, 5) is 14.2. The van der Waals surface area contributed by atoms with E-state index in [1.807, 2.05) is 42.1 Å². The van der Waals surface area contributed by atoms with Crippen LogP contribution in [0.5, 0.6) is 0 Å². The van der Waals surface area contributed by atoms with Crippen molar-refractivity contribution in [3.63, 3.8) is 0 Å². The van der Waals surface area contributed by atoms with Gasteiger partial charge in [-0.05, 0) is 31.1 Å². The number of aliphatic hydroxyl groups is 1. The SMILES string of the molecule is CSC1CCCC(NC(=O)N(CCO)Cc2ccccc2)C1. The summed E-state index contributed by atoms with van der Waals surface area (Å²) in [6.45, 7) is 0.879. The van der Waals surface area contributed by atoms with E-state index >= 15 is 0 Å². The Labute approximate surface area is 137 Å². The van der Waals surface area contributed by atoms with Gasteiger partial charge in [0.2, 0.25) is 0 Å². The minimum atomic E-state index is -0.0651. The fourth-order valence-corrected chi connectivity index (χ4v) is 3.76. The van der Waals surface area contributed by atoms with E-state index in [-0.39, 0.29) is 18.7 Å². The largest absolute Gasteiger partial charge is 0.395 e. The summed E-state index contributed by atoms with van der Waals surface area (Å²) in [5, 5.41) is 13.0. The summed E-state index contributed by atoms with van der Waals surface area (Å²) in [7, 11) is 0. The zero-order chi connectivity index (χ0) is 15.8. The molecule has 5 heteroatoms. The number of nitrogens with one attached hydrogen (secondary N) is 1. The number of rotatable bonds is 6. The van der Waals surface area contributed by atoms with Crippen molar-refractivity contribution >= 4 is 17.8 Å². The minimum Gasteiger partial charge on any atom is -0.395 e. The van der Waals surface area contributed by atoms with Gasteiger partial charge in [-0.25, -0.2) is 4.79 Å². The highest BCUT2D eigenvalue weighted by molar-refractivity contribution is 7.99. The van der Waals surface area contributed by atoms with Gasteiger partial charge in [-0.1, -0.05) is 36.8 Å². The lowest BCUT2D eigenvalue weighted by Gasteiger charge is -2.31. The van der Waals surface area contributed by atoms with Gasteiger partial charge in [0.1, 0.15) is 0 Å². The van der Waals surface area contributed by atoms with Crippen LogP contribution >= 0.6 is 11.8 Å². The molecule has 0 spiro atoms. The number of hydrogen-bond donors (Lipinski definition) is 2. The first kappa shape index (κ1) is 17.2. The summed E-state index contributed by atoms with van der Waals surface area (Å²) in [5.74, 6) is 0. The fourth-order valence-electron chi connectivity index (χ4n) is 2.93. The van der Waals surface area contributed by atoms with Crippen LogP contribution in [-0.2, 0) is 6.54 Å². The van der Waals surface area contributed by atoms with Crippen LogP contribution < -0.4 is 5.32 Å². The van der Waals surface area contributed by atoms with Crippen molar-refractivity contribution in [1.29, 1.82) is 0 Å². The first-order chi connectivity index (χ1) is 10.7. The Hall–Kier alpha value is -1.20. The second-order valence-corrected chi connectivity index (χ2v) is 6.94. The lowest BCUT2D eigenvalue weighted by molar-refractivity contribution is 0.168. The molecule has 1 aromatic carbocycles. The zero-order valence-corrected chi connectivity index (χ0v) is 14.0. The highest BCUT2D eigenvalue weighted by atomic mass is 32.2. The number of nitrogens with zero attached hydrogens (tertiary/aromatic N) is 1. The number of urea groups is 1. The Bertz CT molecular complexity index is 455. The third kappa shape index (κ3) is 5.21. The predicted molar refractivity (Wildman–Crippen MR) is 92.0 cm³/mol. The van der Waals surface area contributed by atoms with Crippen molar-refractivity contribution in [2.45, 2.75) is 43.5 Å². The Balaban J connectivity index is 1.91. The van der Waals surface area contributed by atoms with Gasteiger partial charge in [-0.2, -0.15) is 11.8 Å². The van der Waals surface area contributed by atoms with Crippen molar-refractivity contribution in [3.8, 4) is 0 Å². The molecule has 22 heavy (non-hydrogen) atoms. The van der Waals surface area contributed by atoms with Crippen molar-refractivity contribution in [2.75, 3.05) is 19.4 Å². The lowest BCUT2D eigenvalue weighted by atomic mass is 9.95. The molecule has 1 saturated carbocycles. The molecule has 2 rings (SSSR count). The number of carbonyl (C=O) groups is 1. The summed E-state index contributed by atoms with van der Waals surface area (Å²) in [6, 6.07) is 10.1. The first-order valence-corrected chi connectivity index (χ1v) is 9.24. The van der Waals surface area contributed by atoms with Crippen molar-refractivity contribution < 1.29 is 9.90 Å². The van der Waals surface area contributed by atoms with Gasteiger partial charge in [0, 0.05) is 24.4 Å². The second kappa shape index (κ2) is 9.06. The van der Waals surface area contributed by atoms with Crippen LogP contribution in [0.2, 0.25) is 0 Å². The van der Waals surface area contributed by atoms with E-state index in [1.165, 1.54) is 12.8 Å². The normalized spacial score (nSPS) is 21.4. The van der Waals surface area contributed by atoms with Crippen LogP contribution in [0.3, 0.4) is 0 Å². The number of benzene rings is 1. The van der Waals surface area contributed by atoms with Crippen molar-refractivity contribution in [3.05, 3.63) is 35.9 Å². The van der Waals surface area contributed by atoms with Crippen LogP contribution in [0.4, 0.5) is 4.79 Å². The molecule has 1 aliphatic carbocycles. The molecule has 2 atom stereocenters. The van der Waals surface area contributed by atoms with Crippen molar-refractivity contribution in [2.24, 2.45) is 0 Å². The topological polar surface area (TPSA) is 52.6 Å². The standard InChI is InChI=1S/C17H26N2O2S/c1-22-16-9-5-8-15(12-16)18-17(21)19(10-11-20)13-14-6-3-2-4-7-14/h2-4,6-7,15-16,20H,5,8-13H2,1H3,(H,18,21). The second-order valence-electron chi connectivity index (χ2n) is 5.80. The maximum absolute atomic E-state index is 12.5. The average Bonchev–Trinajstić information content (AvgIpc) is 2.55. The molecule has 2 unspecified atom stereocenters. The van der Waals surface area contributed by atoms with E-state index in [1.54, 1.807) is 4.90 Å². The fraction of sp³-hybridized carbons (Fsp3) is 0.588. The molecule has 0 saturated heterocycles. The molecule has 0 aromatic heterocycles. The highest BCUT2D eigenvalue weighted by Crippen LogP contribution is 2.27. The number of carbonyl (C=O) groups excluding carboxylic acids is 1. The van der Waals surface area contributed by atoms with Gasteiger partial charge < -0.3 is 15.3 Å². The van der Waals surface area contributed by atoms with Crippen LogP contribution in [0.1, 0.15) is 31.2 Å². The van der Waals surface area contributed by atoms with Gasteiger partial charge in [0.05, 0.1) is 6.61 Å². The lowest BCUT2D eigenvalue weighted by Crippen LogP contribution is -2.47. The van der Waals surface area contributed by atoms with Gasteiger partial charge >= 0.3 is 6.03 Å². The number of amides is 2. The summed E-state index contributed by atoms with van der Waals surface area (Å²) in [6.07, 6.45) is 6.67. The Morgan fingerprint density at radius 3 is 2.82 bits per heavy atom. The van der Waals surface area contributed by atoms with Gasteiger partial charge in [0.25, 0.3) is 0 Å². The Kier molecular flexibility index (Phi) is 7.06. The average molecular weight is 322 g/mol. The van der Waals surface area contributed by atoms with E-state index < -0.39 is 0 Å². The maximum atomic E-state index is 12.5. The third-order valence-corrected chi connectivity index (χ3v) is 5.26. The smallest absolute Gasteiger partial charge is 0.317 e. The first-order valence-electron chi connectivity index (χ1n) is 7.96. The van der Waals surface area contributed by atoms with E-state index in [2.05, 4.69) is 11.6 Å². The van der Waals surface area contributed by atoms with E-state index in [0.29, 0.717) is 18.3 Å². The summed E-state index contributed by atoms with van der Waals surface area (Å²) < 4.78 is 0. The number of thioether (sulfide) groups is 1. The molecule has 2 amide bonds. The van der Waals surface area contributed by atoms with Crippen LogP contribution in [-0.4, -0.2) is 46.7 Å². The summed E-state index contributed by atoms with van der Waals surface area (Å²) >= 11 is 1.89. The van der Waals surface area contributed by atoms with Gasteiger partial charge in [-0.3, -0.25) is 0 Å². The molecule has 0 bridgehead atoms. The molecule has 4 nitrogen and oxygen atoms in total. The van der Waals surface area contributed by atoms with E-state index in [4.69, 9.17) is 0 Å². The number of hydrogen-bond acceptors (Lipinski definition) is 3. The molecule has 0 heterocycles.